The number of fused-ring (bicyclic) bond motifs is 2. The fourth-order valence-electron chi connectivity index (χ4n) is 9.43. The van der Waals surface area contributed by atoms with E-state index < -0.39 is 6.35 Å². The number of ketones is 1. The van der Waals surface area contributed by atoms with Crippen LogP contribution < -0.4 is 10.6 Å². The van der Waals surface area contributed by atoms with Gasteiger partial charge >= 0.3 is 0 Å². The van der Waals surface area contributed by atoms with Gasteiger partial charge in [0, 0.05) is 55.0 Å². The van der Waals surface area contributed by atoms with E-state index in [1.165, 1.54) is 12.5 Å². The number of nitriles is 1. The van der Waals surface area contributed by atoms with Gasteiger partial charge in [0.2, 0.25) is 5.91 Å². The predicted octanol–water partition coefficient (Wildman–Crippen LogP) is 1.96. The lowest BCUT2D eigenvalue weighted by Gasteiger charge is -2.58. The Morgan fingerprint density at radius 1 is 1.16 bits per heavy atom. The Balaban J connectivity index is 1.23. The van der Waals surface area contributed by atoms with E-state index in [4.69, 9.17) is 16.3 Å². The molecule has 0 aromatic rings. The summed E-state index contributed by atoms with van der Waals surface area (Å²) in [5.41, 5.74) is -0.347. The summed E-state index contributed by atoms with van der Waals surface area (Å²) < 4.78 is 6.50. The van der Waals surface area contributed by atoms with Crippen LogP contribution in [0.2, 0.25) is 0 Å². The molecule has 4 heterocycles. The van der Waals surface area contributed by atoms with Crippen LogP contribution in [-0.2, 0) is 14.3 Å². The molecule has 1 amide bonds. The Kier molecular flexibility index (Phi) is 9.52. The highest BCUT2D eigenvalue weighted by Crippen LogP contribution is 2.50. The second-order valence-electron chi connectivity index (χ2n) is 14.2. The van der Waals surface area contributed by atoms with Crippen molar-refractivity contribution in [2.45, 2.75) is 99.8 Å². The Morgan fingerprint density at radius 3 is 2.74 bits per heavy atom. The van der Waals surface area contributed by atoms with Crippen LogP contribution in [0.3, 0.4) is 0 Å². The van der Waals surface area contributed by atoms with Crippen LogP contribution in [0, 0.1) is 28.6 Å². The molecule has 6 fully saturated rings. The summed E-state index contributed by atoms with van der Waals surface area (Å²) in [4.78, 5) is 36.2. The Morgan fingerprint density at radius 2 is 2.00 bits per heavy atom. The van der Waals surface area contributed by atoms with E-state index in [9.17, 15) is 14.9 Å². The summed E-state index contributed by atoms with van der Waals surface area (Å²) in [7, 11) is 4.34. The first kappa shape index (κ1) is 31.4. The number of halogens is 1. The largest absolute Gasteiger partial charge is 0.348 e. The van der Waals surface area contributed by atoms with E-state index in [0.29, 0.717) is 50.0 Å². The maximum Gasteiger partial charge on any atom is 0.246 e. The topological polar surface area (TPSA) is 104 Å². The van der Waals surface area contributed by atoms with Crippen molar-refractivity contribution < 1.29 is 14.3 Å². The van der Waals surface area contributed by atoms with Gasteiger partial charge in [-0.15, -0.1) is 11.6 Å². The first-order valence-electron chi connectivity index (χ1n) is 16.5. The van der Waals surface area contributed by atoms with Gasteiger partial charge in [-0.05, 0) is 84.0 Å². The number of ether oxygens (including phenoxy) is 1. The summed E-state index contributed by atoms with van der Waals surface area (Å²) in [6, 6.07) is 2.61. The molecule has 2 N–H and O–H groups in total. The fraction of sp³-hybridized carbons (Fsp3) is 0.844. The summed E-state index contributed by atoms with van der Waals surface area (Å²) in [5.74, 6) is 0.807. The molecule has 2 saturated carbocycles. The molecule has 1 spiro atoms. The van der Waals surface area contributed by atoms with E-state index in [1.807, 2.05) is 0 Å². The smallest absolute Gasteiger partial charge is 0.246 e. The van der Waals surface area contributed by atoms with Crippen LogP contribution in [0.4, 0.5) is 0 Å². The zero-order valence-corrected chi connectivity index (χ0v) is 26.7. The number of hydrogen-bond donors (Lipinski definition) is 2. The summed E-state index contributed by atoms with van der Waals surface area (Å²) in [5, 5.41) is 17.2. The van der Waals surface area contributed by atoms with E-state index in [-0.39, 0.29) is 47.3 Å². The Bertz CT molecular complexity index is 1100. The zero-order valence-electron chi connectivity index (χ0n) is 25.9. The number of piperazine rings is 1. The molecule has 0 aromatic heterocycles. The van der Waals surface area contributed by atoms with Crippen LogP contribution in [0.25, 0.3) is 0 Å². The van der Waals surface area contributed by atoms with Crippen LogP contribution in [0.1, 0.15) is 57.8 Å². The van der Waals surface area contributed by atoms with E-state index >= 15 is 0 Å². The average Bonchev–Trinajstić information content (AvgIpc) is 3.42. The third kappa shape index (κ3) is 6.16. The highest BCUT2D eigenvalue weighted by Gasteiger charge is 2.58. The van der Waals surface area contributed by atoms with Crippen LogP contribution in [0.5, 0.6) is 0 Å². The lowest BCUT2D eigenvalue weighted by molar-refractivity contribution is -0.160. The molecule has 0 radical (unpaired) electrons. The standard InChI is InChI=1S/C32H50ClN7O3/c1-4-27(41)40-15-14-39(18-23(40)10-12-34)30-25-9-11-32(17-21-7-8-22(33)16-26(21)38(3)20-32)29(42)28(25)35-31(36-30)43-19-24-6-5-13-37(24)2/h4,21-26,28,30-31,35-36H,1,5-11,13-20H2,2-3H3/t21?,22?,23?,24?,25?,26?,28?,30?,31?,32-/m1/s1. The Hall–Kier alpha value is -1.58. The van der Waals surface area contributed by atoms with Gasteiger partial charge in [-0.2, -0.15) is 5.26 Å². The highest BCUT2D eigenvalue weighted by atomic mass is 35.5. The highest BCUT2D eigenvalue weighted by molar-refractivity contribution is 6.20. The van der Waals surface area contributed by atoms with E-state index in [0.717, 1.165) is 58.0 Å². The number of hydrogen-bond acceptors (Lipinski definition) is 9. The third-order valence-corrected chi connectivity index (χ3v) is 12.1. The van der Waals surface area contributed by atoms with E-state index in [2.05, 4.69) is 52.1 Å². The normalized spacial score (nSPS) is 42.8. The summed E-state index contributed by atoms with van der Waals surface area (Å²) in [6.45, 7) is 7.94. The van der Waals surface area contributed by atoms with Gasteiger partial charge in [0.15, 0.2) is 12.1 Å². The van der Waals surface area contributed by atoms with Crippen molar-refractivity contribution in [1.29, 1.82) is 5.26 Å². The second-order valence-corrected chi connectivity index (χ2v) is 14.8. The van der Waals surface area contributed by atoms with Crippen LogP contribution in [-0.4, -0.2) is 127 Å². The number of piperidine rings is 1. The fourth-order valence-corrected chi connectivity index (χ4v) is 9.74. The van der Waals surface area contributed by atoms with Crippen molar-refractivity contribution in [3.8, 4) is 6.07 Å². The molecule has 10 atom stereocenters. The molecule has 0 bridgehead atoms. The number of nitrogens with zero attached hydrogens (tertiary/aromatic N) is 5. The molecule has 10 nitrogen and oxygen atoms in total. The molecule has 0 aromatic carbocycles. The maximum atomic E-state index is 14.7. The van der Waals surface area contributed by atoms with Gasteiger partial charge in [-0.1, -0.05) is 6.58 Å². The molecule has 11 heteroatoms. The molecule has 9 unspecified atom stereocenters. The number of alkyl halides is 1. The van der Waals surface area contributed by atoms with Crippen LogP contribution in [0.15, 0.2) is 12.7 Å². The number of likely N-dealkylation sites (tertiary alicyclic amines) is 2. The molecule has 2 aliphatic carbocycles. The number of nitrogens with one attached hydrogen (secondary N) is 2. The molecule has 4 saturated heterocycles. The van der Waals surface area contributed by atoms with Gasteiger partial charge < -0.3 is 19.4 Å². The van der Waals surface area contributed by atoms with Gasteiger partial charge in [0.05, 0.1) is 37.3 Å². The third-order valence-electron chi connectivity index (χ3n) is 11.7. The molecule has 6 rings (SSSR count). The summed E-state index contributed by atoms with van der Waals surface area (Å²) in [6.07, 6.45) is 9.31. The minimum absolute atomic E-state index is 0.0816. The van der Waals surface area contributed by atoms with Gasteiger partial charge in [0.25, 0.3) is 0 Å². The average molecular weight is 616 g/mol. The number of rotatable bonds is 6. The lowest BCUT2D eigenvalue weighted by atomic mass is 9.58. The minimum atomic E-state index is -0.442. The van der Waals surface area contributed by atoms with Crippen molar-refractivity contribution in [2.24, 2.45) is 17.3 Å². The molecular formula is C32H50ClN7O3. The van der Waals surface area contributed by atoms with Crippen LogP contribution >= 0.6 is 11.6 Å². The van der Waals surface area contributed by atoms with Gasteiger partial charge in [-0.3, -0.25) is 25.1 Å². The molecule has 6 aliphatic rings. The first-order valence-corrected chi connectivity index (χ1v) is 16.9. The number of carbonyl (C=O) groups excluding carboxylic acids is 2. The maximum absolute atomic E-state index is 14.7. The monoisotopic (exact) mass is 615 g/mol. The van der Waals surface area contributed by atoms with Crippen molar-refractivity contribution in [3.63, 3.8) is 0 Å². The van der Waals surface area contributed by atoms with Crippen molar-refractivity contribution in [3.05, 3.63) is 12.7 Å². The number of Topliss-reactive ketones (excluding diaryl/α,β-unsaturated/α-hetero) is 1. The van der Waals surface area contributed by atoms with Gasteiger partial charge in [-0.25, -0.2) is 0 Å². The zero-order chi connectivity index (χ0) is 30.3. The number of carbonyl (C=O) groups is 2. The lowest BCUT2D eigenvalue weighted by Crippen LogP contribution is -2.75. The van der Waals surface area contributed by atoms with E-state index in [1.54, 1.807) is 4.90 Å². The second kappa shape index (κ2) is 13.0. The first-order chi connectivity index (χ1) is 20.7. The molecule has 238 valence electrons. The molecule has 43 heavy (non-hydrogen) atoms. The quantitative estimate of drug-likeness (QED) is 0.343. The van der Waals surface area contributed by atoms with Crippen molar-refractivity contribution in [1.82, 2.24) is 30.2 Å². The minimum Gasteiger partial charge on any atom is -0.348 e. The number of amides is 1. The van der Waals surface area contributed by atoms with Crippen molar-refractivity contribution >= 4 is 23.3 Å². The van der Waals surface area contributed by atoms with Crippen molar-refractivity contribution in [2.75, 3.05) is 53.4 Å². The number of likely N-dealkylation sites (N-methyl/N-ethyl adjacent to an activating group) is 1. The SMILES string of the molecule is C=CC(=O)N1CCN(C2NC(OCC3CCCN3C)NC3C(=O)[C@]4(CCC32)CC2CCC(Cl)CC2N(C)C4)CC1CC#N. The Labute approximate surface area is 262 Å². The summed E-state index contributed by atoms with van der Waals surface area (Å²) >= 11 is 6.58. The van der Waals surface area contributed by atoms with Gasteiger partial charge in [0.1, 0.15) is 0 Å². The molecule has 4 aliphatic heterocycles. The molecular weight excluding hydrogens is 566 g/mol. The predicted molar refractivity (Wildman–Crippen MR) is 165 cm³/mol.